The van der Waals surface area contributed by atoms with Crippen LogP contribution in [0.1, 0.15) is 63.9 Å². The van der Waals surface area contributed by atoms with Crippen LogP contribution >= 0.6 is 0 Å². The Labute approximate surface area is 209 Å². The second-order valence-corrected chi connectivity index (χ2v) is 8.82. The topological polar surface area (TPSA) is 118 Å². The fraction of sp³-hybridized carbons (Fsp3) is 0.538. The molecule has 2 aromatic rings. The number of allylic oxidation sites excluding steroid dienone is 1. The van der Waals surface area contributed by atoms with Crippen molar-refractivity contribution in [2.75, 3.05) is 37.0 Å². The van der Waals surface area contributed by atoms with Crippen LogP contribution in [0.3, 0.4) is 0 Å². The molecule has 2 aromatic heterocycles. The highest BCUT2D eigenvalue weighted by Crippen LogP contribution is 2.25. The molecule has 9 heteroatoms. The highest BCUT2D eigenvalue weighted by atomic mass is 16.5. The number of methoxy groups -OCH3 is 1. The molecule has 9 nitrogen and oxygen atoms in total. The molecule has 1 aliphatic rings. The van der Waals surface area contributed by atoms with E-state index in [-0.39, 0.29) is 11.8 Å². The van der Waals surface area contributed by atoms with Crippen LogP contribution in [-0.2, 0) is 11.2 Å². The van der Waals surface area contributed by atoms with Gasteiger partial charge in [-0.2, -0.15) is 0 Å². The molecule has 0 aromatic carbocycles. The number of carbonyl (C=O) groups excluding carboxylic acids is 1. The number of ether oxygens (including phenoxy) is 1. The van der Waals surface area contributed by atoms with Gasteiger partial charge in [-0.15, -0.1) is 10.2 Å². The molecule has 1 amide bonds. The van der Waals surface area contributed by atoms with Crippen molar-refractivity contribution in [3.63, 3.8) is 0 Å². The van der Waals surface area contributed by atoms with Crippen molar-refractivity contribution in [3.05, 3.63) is 41.0 Å². The van der Waals surface area contributed by atoms with Crippen molar-refractivity contribution >= 4 is 23.4 Å². The number of hydrogen-bond donors (Lipinski definition) is 3. The number of nitrogens with two attached hydrogens (primary N) is 1. The van der Waals surface area contributed by atoms with Gasteiger partial charge >= 0.3 is 0 Å². The summed E-state index contributed by atoms with van der Waals surface area (Å²) in [4.78, 5) is 18.5. The molecule has 0 spiro atoms. The van der Waals surface area contributed by atoms with Crippen LogP contribution in [0.5, 0.6) is 5.88 Å². The Morgan fingerprint density at radius 1 is 1.34 bits per heavy atom. The van der Waals surface area contributed by atoms with Crippen LogP contribution in [0.2, 0.25) is 0 Å². The Kier molecular flexibility index (Phi) is 11.4. The molecular weight excluding hydrogens is 442 g/mol. The second kappa shape index (κ2) is 14.3. The van der Waals surface area contributed by atoms with Crippen molar-refractivity contribution in [2.45, 2.75) is 66.3 Å². The minimum atomic E-state index is -0.0804. The molecule has 3 rings (SSSR count). The lowest BCUT2D eigenvalue weighted by Crippen LogP contribution is -2.49. The summed E-state index contributed by atoms with van der Waals surface area (Å²) in [5, 5.41) is 14.0. The molecule has 1 saturated heterocycles. The van der Waals surface area contributed by atoms with Gasteiger partial charge in [0.2, 0.25) is 5.91 Å². The first kappa shape index (κ1) is 28.0. The maximum Gasteiger partial charge on any atom is 0.257 e. The minimum Gasteiger partial charge on any atom is -0.478 e. The second-order valence-electron chi connectivity index (χ2n) is 8.82. The molecule has 1 aliphatic heterocycles. The fourth-order valence-electron chi connectivity index (χ4n) is 3.97. The number of piperazine rings is 1. The van der Waals surface area contributed by atoms with Gasteiger partial charge in [-0.1, -0.05) is 20.3 Å². The van der Waals surface area contributed by atoms with E-state index < -0.39 is 0 Å². The lowest BCUT2D eigenvalue weighted by Gasteiger charge is -2.35. The third-order valence-electron chi connectivity index (χ3n) is 5.55. The minimum absolute atomic E-state index is 0.0804. The molecule has 35 heavy (non-hydrogen) atoms. The molecule has 1 unspecified atom stereocenters. The number of amides is 1. The number of hydrogen-bond acceptors (Lipinski definition) is 8. The Bertz CT molecular complexity index is 990. The van der Waals surface area contributed by atoms with Gasteiger partial charge in [-0.05, 0) is 57.4 Å². The molecule has 0 aliphatic carbocycles. The van der Waals surface area contributed by atoms with E-state index >= 15 is 0 Å². The standard InChI is InChI=1S/C14H23N3.C12H18N4O2/c1-4-5-13-12(3)16-7-6-14(13)17-9-8-15-11(2)10-17;1-4-5-11(17)14-10-7-9(6-8(2)13)15-16-12(10)18-3/h6-7,11,15H,4-5,8-10H2,1-3H3;6-7H,4-5,13H2,1-3H3,(H,14,15,17)/b;8-6-. The SMILES string of the molecule is CCCC(=O)Nc1cc(/C=C(/C)N)nnc1OC.CCCc1c(N2CCNC(C)C2)ccnc1C. The molecule has 0 radical (unpaired) electrons. The number of anilines is 2. The van der Waals surface area contributed by atoms with Gasteiger partial charge in [0.05, 0.1) is 12.8 Å². The van der Waals surface area contributed by atoms with Crippen LogP contribution in [0.4, 0.5) is 11.4 Å². The molecule has 0 saturated carbocycles. The van der Waals surface area contributed by atoms with Gasteiger partial charge in [0, 0.05) is 55.4 Å². The monoisotopic (exact) mass is 483 g/mol. The van der Waals surface area contributed by atoms with Crippen LogP contribution in [0.25, 0.3) is 6.08 Å². The van der Waals surface area contributed by atoms with Crippen molar-refractivity contribution in [1.82, 2.24) is 20.5 Å². The summed E-state index contributed by atoms with van der Waals surface area (Å²) >= 11 is 0. The van der Waals surface area contributed by atoms with Crippen molar-refractivity contribution in [2.24, 2.45) is 5.73 Å². The summed E-state index contributed by atoms with van der Waals surface area (Å²) in [7, 11) is 1.48. The van der Waals surface area contributed by atoms with Crippen molar-refractivity contribution < 1.29 is 9.53 Å². The molecule has 1 atom stereocenters. The molecule has 0 bridgehead atoms. The maximum atomic E-state index is 11.6. The zero-order valence-corrected chi connectivity index (χ0v) is 22.0. The Hall–Kier alpha value is -3.20. The predicted octanol–water partition coefficient (Wildman–Crippen LogP) is 3.68. The zero-order chi connectivity index (χ0) is 25.8. The predicted molar refractivity (Wildman–Crippen MR) is 143 cm³/mol. The van der Waals surface area contributed by atoms with E-state index in [1.54, 1.807) is 19.1 Å². The lowest BCUT2D eigenvalue weighted by atomic mass is 10.0. The first-order chi connectivity index (χ1) is 16.8. The van der Waals surface area contributed by atoms with Crippen LogP contribution < -0.4 is 26.0 Å². The molecule has 3 heterocycles. The van der Waals surface area contributed by atoms with E-state index in [0.29, 0.717) is 29.5 Å². The maximum absolute atomic E-state index is 11.6. The molecule has 4 N–H and O–H groups in total. The number of carbonyl (C=O) groups is 1. The average molecular weight is 484 g/mol. The highest BCUT2D eigenvalue weighted by molar-refractivity contribution is 5.92. The van der Waals surface area contributed by atoms with E-state index in [9.17, 15) is 4.79 Å². The number of aromatic nitrogens is 3. The summed E-state index contributed by atoms with van der Waals surface area (Å²) in [6, 6.07) is 4.43. The van der Waals surface area contributed by atoms with Gasteiger partial charge in [-0.3, -0.25) is 9.78 Å². The average Bonchev–Trinajstić information content (AvgIpc) is 2.81. The smallest absolute Gasteiger partial charge is 0.257 e. The van der Waals surface area contributed by atoms with Gasteiger partial charge in [-0.25, -0.2) is 0 Å². The Morgan fingerprint density at radius 2 is 2.11 bits per heavy atom. The van der Waals surface area contributed by atoms with Crippen LogP contribution in [-0.4, -0.2) is 53.9 Å². The number of rotatable bonds is 8. The summed E-state index contributed by atoms with van der Waals surface area (Å²) in [5.41, 5.74) is 11.3. The van der Waals surface area contributed by atoms with Crippen molar-refractivity contribution in [3.8, 4) is 5.88 Å². The first-order valence-corrected chi connectivity index (χ1v) is 12.4. The summed E-state index contributed by atoms with van der Waals surface area (Å²) in [5.74, 6) is 0.203. The molecular formula is C26H41N7O2. The number of aryl methyl sites for hydroxylation is 1. The quantitative estimate of drug-likeness (QED) is 0.520. The summed E-state index contributed by atoms with van der Waals surface area (Å²) < 4.78 is 5.04. The summed E-state index contributed by atoms with van der Waals surface area (Å²) in [6.45, 7) is 13.6. The highest BCUT2D eigenvalue weighted by Gasteiger charge is 2.19. The normalized spacial score (nSPS) is 15.8. The van der Waals surface area contributed by atoms with Gasteiger partial charge in [0.25, 0.3) is 5.88 Å². The van der Waals surface area contributed by atoms with Gasteiger partial charge < -0.3 is 26.0 Å². The van der Waals surface area contributed by atoms with E-state index in [4.69, 9.17) is 10.5 Å². The number of pyridine rings is 1. The third-order valence-corrected chi connectivity index (χ3v) is 5.55. The lowest BCUT2D eigenvalue weighted by molar-refractivity contribution is -0.116. The van der Waals surface area contributed by atoms with E-state index in [1.807, 2.05) is 13.1 Å². The van der Waals surface area contributed by atoms with Crippen molar-refractivity contribution in [1.29, 1.82) is 0 Å². The van der Waals surface area contributed by atoms with Gasteiger partial charge in [0.1, 0.15) is 5.69 Å². The summed E-state index contributed by atoms with van der Waals surface area (Å²) in [6.07, 6.45) is 7.15. The van der Waals surface area contributed by atoms with E-state index in [0.717, 1.165) is 32.5 Å². The van der Waals surface area contributed by atoms with E-state index in [1.165, 1.54) is 30.5 Å². The largest absolute Gasteiger partial charge is 0.478 e. The first-order valence-electron chi connectivity index (χ1n) is 12.4. The third kappa shape index (κ3) is 8.83. The van der Waals surface area contributed by atoms with Crippen LogP contribution in [0.15, 0.2) is 24.0 Å². The molecule has 1 fully saturated rings. The number of nitrogens with zero attached hydrogens (tertiary/aromatic N) is 4. The van der Waals surface area contributed by atoms with Gasteiger partial charge in [0.15, 0.2) is 0 Å². The molecule has 192 valence electrons. The van der Waals surface area contributed by atoms with Crippen LogP contribution in [0, 0.1) is 6.92 Å². The Balaban J connectivity index is 0.000000247. The number of nitrogens with one attached hydrogen (secondary N) is 2. The fourth-order valence-corrected chi connectivity index (χ4v) is 3.97. The zero-order valence-electron chi connectivity index (χ0n) is 22.0. The van der Waals surface area contributed by atoms with E-state index in [2.05, 4.69) is 57.6 Å². The Morgan fingerprint density at radius 3 is 2.74 bits per heavy atom.